The van der Waals surface area contributed by atoms with Crippen LogP contribution in [0.4, 0.5) is 4.39 Å². The molecule has 3 heteroatoms. The standard InChI is InChI=1S/C11H16FNO/c1-8-4-5-10(6-11(8)12)14-7-9(2)13-3/h4-6,9,13H,7H2,1-3H3. The molecule has 0 aliphatic carbocycles. The third-order valence-corrected chi connectivity index (χ3v) is 2.14. The molecule has 1 unspecified atom stereocenters. The molecule has 0 amide bonds. The van der Waals surface area contributed by atoms with E-state index in [0.717, 1.165) is 0 Å². The summed E-state index contributed by atoms with van der Waals surface area (Å²) in [5.41, 5.74) is 0.638. The maximum atomic E-state index is 13.1. The highest BCUT2D eigenvalue weighted by atomic mass is 19.1. The van der Waals surface area contributed by atoms with E-state index < -0.39 is 0 Å². The maximum Gasteiger partial charge on any atom is 0.129 e. The molecule has 0 heterocycles. The van der Waals surface area contributed by atoms with Crippen molar-refractivity contribution in [1.29, 1.82) is 0 Å². The minimum Gasteiger partial charge on any atom is -0.492 e. The molecule has 0 bridgehead atoms. The Kier molecular flexibility index (Phi) is 3.89. The van der Waals surface area contributed by atoms with Gasteiger partial charge in [-0.3, -0.25) is 0 Å². The molecule has 78 valence electrons. The van der Waals surface area contributed by atoms with Gasteiger partial charge in [0.1, 0.15) is 18.2 Å². The van der Waals surface area contributed by atoms with Crippen LogP contribution in [0.25, 0.3) is 0 Å². The first-order valence-electron chi connectivity index (χ1n) is 4.69. The normalized spacial score (nSPS) is 12.6. The molecule has 1 atom stereocenters. The summed E-state index contributed by atoms with van der Waals surface area (Å²) >= 11 is 0. The number of benzene rings is 1. The third-order valence-electron chi connectivity index (χ3n) is 2.14. The highest BCUT2D eigenvalue weighted by Gasteiger charge is 2.02. The molecular formula is C11H16FNO. The van der Waals surface area contributed by atoms with E-state index in [2.05, 4.69) is 5.32 Å². The summed E-state index contributed by atoms with van der Waals surface area (Å²) < 4.78 is 18.5. The quantitative estimate of drug-likeness (QED) is 0.798. The van der Waals surface area contributed by atoms with E-state index >= 15 is 0 Å². The Morgan fingerprint density at radius 3 is 2.79 bits per heavy atom. The minimum atomic E-state index is -0.223. The molecule has 14 heavy (non-hydrogen) atoms. The molecule has 0 aliphatic rings. The van der Waals surface area contributed by atoms with E-state index in [4.69, 9.17) is 4.74 Å². The molecule has 0 saturated carbocycles. The second-order valence-corrected chi connectivity index (χ2v) is 3.41. The Labute approximate surface area is 84.1 Å². The number of hydrogen-bond acceptors (Lipinski definition) is 2. The van der Waals surface area contributed by atoms with Crippen molar-refractivity contribution < 1.29 is 9.13 Å². The van der Waals surface area contributed by atoms with Gasteiger partial charge in [0.2, 0.25) is 0 Å². The van der Waals surface area contributed by atoms with Crippen molar-refractivity contribution >= 4 is 0 Å². The fourth-order valence-electron chi connectivity index (χ4n) is 0.968. The van der Waals surface area contributed by atoms with E-state index in [-0.39, 0.29) is 11.9 Å². The maximum absolute atomic E-state index is 13.1. The molecule has 1 aromatic carbocycles. The number of aryl methyl sites for hydroxylation is 1. The van der Waals surface area contributed by atoms with Gasteiger partial charge < -0.3 is 10.1 Å². The number of halogens is 1. The van der Waals surface area contributed by atoms with Crippen LogP contribution in [-0.4, -0.2) is 19.7 Å². The van der Waals surface area contributed by atoms with Gasteiger partial charge in [0.25, 0.3) is 0 Å². The largest absolute Gasteiger partial charge is 0.492 e. The lowest BCUT2D eigenvalue weighted by atomic mass is 10.2. The lowest BCUT2D eigenvalue weighted by molar-refractivity contribution is 0.278. The number of likely N-dealkylation sites (N-methyl/N-ethyl adjacent to an activating group) is 1. The van der Waals surface area contributed by atoms with Crippen molar-refractivity contribution in [1.82, 2.24) is 5.32 Å². The fraction of sp³-hybridized carbons (Fsp3) is 0.455. The Hall–Kier alpha value is -1.09. The topological polar surface area (TPSA) is 21.3 Å². The van der Waals surface area contributed by atoms with Gasteiger partial charge in [0.05, 0.1) is 0 Å². The fourth-order valence-corrected chi connectivity index (χ4v) is 0.968. The zero-order valence-corrected chi connectivity index (χ0v) is 8.80. The average Bonchev–Trinajstić information content (AvgIpc) is 2.19. The Balaban J connectivity index is 2.55. The molecular weight excluding hydrogens is 181 g/mol. The summed E-state index contributed by atoms with van der Waals surface area (Å²) in [6, 6.07) is 5.17. The van der Waals surface area contributed by atoms with Gasteiger partial charge in [-0.15, -0.1) is 0 Å². The van der Waals surface area contributed by atoms with Crippen LogP contribution in [0.3, 0.4) is 0 Å². The molecule has 0 fully saturated rings. The SMILES string of the molecule is CNC(C)COc1ccc(C)c(F)c1. The molecule has 0 radical (unpaired) electrons. The van der Waals surface area contributed by atoms with E-state index in [1.807, 2.05) is 14.0 Å². The van der Waals surface area contributed by atoms with Gasteiger partial charge in [-0.2, -0.15) is 0 Å². The lowest BCUT2D eigenvalue weighted by Crippen LogP contribution is -2.28. The second kappa shape index (κ2) is 4.96. The molecule has 0 aliphatic heterocycles. The van der Waals surface area contributed by atoms with Gasteiger partial charge in [0.15, 0.2) is 0 Å². The van der Waals surface area contributed by atoms with Gasteiger partial charge in [-0.1, -0.05) is 6.07 Å². The second-order valence-electron chi connectivity index (χ2n) is 3.41. The smallest absolute Gasteiger partial charge is 0.129 e. The number of hydrogen-bond donors (Lipinski definition) is 1. The zero-order chi connectivity index (χ0) is 10.6. The summed E-state index contributed by atoms with van der Waals surface area (Å²) in [7, 11) is 1.86. The van der Waals surface area contributed by atoms with Crippen LogP contribution in [0, 0.1) is 12.7 Å². The summed E-state index contributed by atoms with van der Waals surface area (Å²) in [5.74, 6) is 0.356. The lowest BCUT2D eigenvalue weighted by Gasteiger charge is -2.12. The van der Waals surface area contributed by atoms with Crippen LogP contribution in [0.15, 0.2) is 18.2 Å². The van der Waals surface area contributed by atoms with Crippen molar-refractivity contribution in [2.75, 3.05) is 13.7 Å². The number of rotatable bonds is 4. The molecule has 0 spiro atoms. The molecule has 1 rings (SSSR count). The van der Waals surface area contributed by atoms with E-state index in [9.17, 15) is 4.39 Å². The van der Waals surface area contributed by atoms with Gasteiger partial charge in [-0.25, -0.2) is 4.39 Å². The van der Waals surface area contributed by atoms with Crippen molar-refractivity contribution in [3.8, 4) is 5.75 Å². The van der Waals surface area contributed by atoms with E-state index in [0.29, 0.717) is 17.9 Å². The Bertz CT molecular complexity index is 301. The summed E-state index contributed by atoms with van der Waals surface area (Å²) in [5, 5.41) is 3.04. The van der Waals surface area contributed by atoms with Crippen molar-refractivity contribution in [2.45, 2.75) is 19.9 Å². The molecule has 2 nitrogen and oxygen atoms in total. The Morgan fingerprint density at radius 1 is 1.50 bits per heavy atom. The summed E-state index contributed by atoms with van der Waals surface area (Å²) in [6.45, 7) is 4.28. The van der Waals surface area contributed by atoms with Crippen LogP contribution < -0.4 is 10.1 Å². The highest BCUT2D eigenvalue weighted by Crippen LogP contribution is 2.15. The predicted molar refractivity (Wildman–Crippen MR) is 55.2 cm³/mol. The van der Waals surface area contributed by atoms with Gasteiger partial charge >= 0.3 is 0 Å². The van der Waals surface area contributed by atoms with Gasteiger partial charge in [0, 0.05) is 12.1 Å². The molecule has 0 saturated heterocycles. The summed E-state index contributed by atoms with van der Waals surface area (Å²) in [4.78, 5) is 0. The minimum absolute atomic E-state index is 0.223. The van der Waals surface area contributed by atoms with Crippen LogP contribution >= 0.6 is 0 Å². The van der Waals surface area contributed by atoms with Crippen LogP contribution in [0.5, 0.6) is 5.75 Å². The predicted octanol–water partition coefficient (Wildman–Crippen LogP) is 2.12. The molecule has 1 aromatic rings. The highest BCUT2D eigenvalue weighted by molar-refractivity contribution is 5.27. The number of nitrogens with one attached hydrogen (secondary N) is 1. The first-order valence-corrected chi connectivity index (χ1v) is 4.69. The third kappa shape index (κ3) is 3.00. The van der Waals surface area contributed by atoms with E-state index in [1.165, 1.54) is 6.07 Å². The van der Waals surface area contributed by atoms with Crippen LogP contribution in [-0.2, 0) is 0 Å². The summed E-state index contributed by atoms with van der Waals surface area (Å²) in [6.07, 6.45) is 0. The first-order chi connectivity index (χ1) is 6.63. The van der Waals surface area contributed by atoms with Gasteiger partial charge in [-0.05, 0) is 32.5 Å². The molecule has 0 aromatic heterocycles. The van der Waals surface area contributed by atoms with Crippen LogP contribution in [0.1, 0.15) is 12.5 Å². The zero-order valence-electron chi connectivity index (χ0n) is 8.80. The number of ether oxygens (including phenoxy) is 1. The molecule has 1 N–H and O–H groups in total. The van der Waals surface area contributed by atoms with E-state index in [1.54, 1.807) is 19.1 Å². The van der Waals surface area contributed by atoms with Crippen molar-refractivity contribution in [3.63, 3.8) is 0 Å². The Morgan fingerprint density at radius 2 is 2.21 bits per heavy atom. The van der Waals surface area contributed by atoms with Crippen LogP contribution in [0.2, 0.25) is 0 Å². The van der Waals surface area contributed by atoms with Crippen molar-refractivity contribution in [3.05, 3.63) is 29.6 Å². The first kappa shape index (κ1) is 11.0. The monoisotopic (exact) mass is 197 g/mol. The average molecular weight is 197 g/mol. The van der Waals surface area contributed by atoms with Crippen molar-refractivity contribution in [2.24, 2.45) is 0 Å².